The molecule has 0 unspecified atom stereocenters. The van der Waals surface area contributed by atoms with Crippen molar-refractivity contribution in [3.05, 3.63) is 240 Å². The summed E-state index contributed by atoms with van der Waals surface area (Å²) in [5.74, 6) is -2.17. The number of hydrogen-bond acceptors (Lipinski definition) is 17. The molecule has 7 amide bonds. The van der Waals surface area contributed by atoms with Crippen LogP contribution in [0.4, 0.5) is 10.5 Å². The van der Waals surface area contributed by atoms with Crippen molar-refractivity contribution in [3.63, 3.8) is 0 Å². The first-order valence-electron chi connectivity index (χ1n) is 30.9. The lowest BCUT2D eigenvalue weighted by Gasteiger charge is -2.28. The second-order valence-electron chi connectivity index (χ2n) is 22.9. The van der Waals surface area contributed by atoms with Gasteiger partial charge < -0.3 is 0 Å². The molecule has 1 saturated heterocycles. The quantitative estimate of drug-likeness (QED) is 0.134. The molecule has 9 aliphatic rings. The monoisotopic (exact) mass is 1340 g/mol. The van der Waals surface area contributed by atoms with Gasteiger partial charge in [0.25, 0.3) is 29.5 Å². The number of carbonyl (C=O) groups excluding carboxylic acids is 15. The second kappa shape index (κ2) is 37.9. The van der Waals surface area contributed by atoms with Crippen LogP contribution in [-0.2, 0) is 75.2 Å². The van der Waals surface area contributed by atoms with Gasteiger partial charge in [-0.05, 0) is 122 Å². The van der Waals surface area contributed by atoms with Crippen LogP contribution in [0.5, 0.6) is 0 Å². The minimum Gasteiger partial charge on any atom is -0.295 e. The third-order valence-corrected chi connectivity index (χ3v) is 15.7. The molecular formula is C78H80N6O15. The summed E-state index contributed by atoms with van der Waals surface area (Å²) in [6.07, 6.45) is 11.6. The zero-order valence-electron chi connectivity index (χ0n) is 57.0. The Morgan fingerprint density at radius 3 is 1.31 bits per heavy atom. The van der Waals surface area contributed by atoms with Crippen molar-refractivity contribution in [1.29, 1.82) is 5.26 Å². The molecule has 3 aromatic carbocycles. The number of anilines is 1. The van der Waals surface area contributed by atoms with Gasteiger partial charge in [0.2, 0.25) is 0 Å². The van der Waals surface area contributed by atoms with Gasteiger partial charge in [0.05, 0.1) is 33.7 Å². The molecule has 6 aliphatic carbocycles. The summed E-state index contributed by atoms with van der Waals surface area (Å²) in [6.45, 7) is 42.0. The molecule has 0 bridgehead atoms. The molecule has 0 radical (unpaired) electrons. The normalized spacial score (nSPS) is 17.3. The Labute approximate surface area is 576 Å². The fourth-order valence-electron chi connectivity index (χ4n) is 9.03. The number of urea groups is 1. The van der Waals surface area contributed by atoms with Gasteiger partial charge in [-0.25, -0.2) is 4.79 Å². The predicted octanol–water partition coefficient (Wildman–Crippen LogP) is 11.0. The van der Waals surface area contributed by atoms with Gasteiger partial charge in [-0.3, -0.25) is 81.8 Å². The molecule has 0 aromatic heterocycles. The fraction of sp³-hybridized carbons (Fsp3) is 0.244. The van der Waals surface area contributed by atoms with Gasteiger partial charge in [-0.1, -0.05) is 139 Å². The van der Waals surface area contributed by atoms with E-state index in [4.69, 9.17) is 5.26 Å². The standard InChI is InChI=1S/C11H10N2O.2C10H8O.C9H8N2O2.C7H8N2O3.C7H8O2.C7H10O.C6H4O2.C6H10O.C5H6O/c1-8-9(2)12-13(11(8)14)10-6-4-3-5-7-10;1-7-9-5-3-2-4-8(9)6-10(7)11;1-7-6-8-4-2-3-5-9(8)10(7)11;1-5-6(2)8(12)11(3)9(13)7(5)4-10;1-4-5(10)8(2)7(12)9(3)6(4)11;1-5-6(8)3-2-4-7(5)9;1-6-4-2-3-5-7(6)8;1-4-5(7)2-3-6(4)8;1-4-6(7)5(2)3;1-4-2-3-5(4)6/h3-7H,1H2,2H3;2*2-5H,1,6H2;2H2,1,3H3;1H2,2-3H3;1-4H2;1-5H2;2-3H,1H2;2,4H2,1,3H3;1-3H2. The second-order valence-corrected chi connectivity index (χ2v) is 22.9. The summed E-state index contributed by atoms with van der Waals surface area (Å²) < 4.78 is 0. The van der Waals surface area contributed by atoms with Crippen molar-refractivity contribution < 1.29 is 71.9 Å². The number of hydrazone groups is 1. The molecule has 3 heterocycles. The van der Waals surface area contributed by atoms with Gasteiger partial charge in [0.1, 0.15) is 11.6 Å². The van der Waals surface area contributed by atoms with Crippen molar-refractivity contribution in [2.75, 3.05) is 26.2 Å². The molecule has 99 heavy (non-hydrogen) atoms. The number of para-hydroxylation sites is 1. The van der Waals surface area contributed by atoms with E-state index in [1.165, 1.54) is 38.3 Å². The van der Waals surface area contributed by atoms with Gasteiger partial charge in [0.15, 0.2) is 52.0 Å². The maximum atomic E-state index is 11.6. The molecule has 3 saturated carbocycles. The maximum Gasteiger partial charge on any atom is 0.333 e. The number of barbiturate groups is 1. The van der Waals surface area contributed by atoms with Crippen LogP contribution in [0.15, 0.2) is 223 Å². The fourth-order valence-corrected chi connectivity index (χ4v) is 9.03. The van der Waals surface area contributed by atoms with Crippen LogP contribution >= 0.6 is 0 Å². The Balaban J connectivity index is 0.000000289. The van der Waals surface area contributed by atoms with Crippen LogP contribution in [0, 0.1) is 11.3 Å². The van der Waals surface area contributed by atoms with E-state index >= 15 is 0 Å². The van der Waals surface area contributed by atoms with Crippen molar-refractivity contribution >= 4 is 105 Å². The number of benzene rings is 3. The van der Waals surface area contributed by atoms with E-state index in [0.29, 0.717) is 65.7 Å². The summed E-state index contributed by atoms with van der Waals surface area (Å²) in [5, 5.41) is 14.1. The predicted molar refractivity (Wildman–Crippen MR) is 377 cm³/mol. The van der Waals surface area contributed by atoms with Crippen LogP contribution in [0.1, 0.15) is 119 Å². The van der Waals surface area contributed by atoms with Gasteiger partial charge in [0, 0.05) is 82.8 Å². The lowest BCUT2D eigenvalue weighted by molar-refractivity contribution is -0.139. The van der Waals surface area contributed by atoms with Gasteiger partial charge >= 0.3 is 6.03 Å². The Morgan fingerprint density at radius 2 is 0.939 bits per heavy atom. The largest absolute Gasteiger partial charge is 0.333 e. The number of carbonyl (C=O) groups is 15. The molecular weight excluding hydrogens is 1260 g/mol. The average molecular weight is 1340 g/mol. The first-order valence-corrected chi connectivity index (χ1v) is 30.9. The average Bonchev–Trinajstić information content (AvgIpc) is 1.59. The van der Waals surface area contributed by atoms with Crippen molar-refractivity contribution in [2.45, 2.75) is 105 Å². The minimum atomic E-state index is -0.636. The van der Waals surface area contributed by atoms with E-state index in [9.17, 15) is 71.9 Å². The minimum absolute atomic E-state index is 0.00731. The molecule has 4 fully saturated rings. The Kier molecular flexibility index (Phi) is 31.1. The lowest BCUT2D eigenvalue weighted by atomic mass is 9.93. The smallest absolute Gasteiger partial charge is 0.295 e. The third-order valence-electron chi connectivity index (χ3n) is 15.7. The van der Waals surface area contributed by atoms with E-state index in [-0.39, 0.29) is 85.8 Å². The number of rotatable bonds is 3. The lowest BCUT2D eigenvalue weighted by Crippen LogP contribution is -2.52. The molecule has 0 spiro atoms. The number of imide groups is 3. The summed E-state index contributed by atoms with van der Waals surface area (Å²) >= 11 is 0. The highest BCUT2D eigenvalue weighted by molar-refractivity contribution is 6.33. The molecule has 21 nitrogen and oxygen atoms in total. The number of hydrogen-bond donors (Lipinski definition) is 0. The number of likely N-dealkylation sites (N-methyl/N-ethyl adjacent to an activating group) is 3. The number of fused-ring (bicyclic) bond motifs is 2. The van der Waals surface area contributed by atoms with E-state index in [1.807, 2.05) is 85.8 Å². The number of nitriles is 1. The topological polar surface area (TPSA) is 305 Å². The van der Waals surface area contributed by atoms with Crippen LogP contribution in [-0.4, -0.2) is 129 Å². The van der Waals surface area contributed by atoms with E-state index < -0.39 is 29.7 Å². The molecule has 512 valence electrons. The van der Waals surface area contributed by atoms with Crippen LogP contribution in [0.2, 0.25) is 0 Å². The number of Topliss-reactive ketones (excluding diaryl/α,β-unsaturated/α-hetero) is 7. The summed E-state index contributed by atoms with van der Waals surface area (Å²) in [7, 11) is 3.94. The SMILES string of the molecule is C=C(C)C(=O)CC.C=C1C(=O)C=CC1=O.C=C1C(=O)CCCC1=O.C=C1C(=O)Cc2ccccc21.C=C1C(=O)N(C)C(=O)C(C#N)=C1C.C=C1C(=O)N(C)C(=O)N(C)C1=O.C=C1C(=O)N(c2ccccc2)N=C1C.C=C1CCC1=O.C=C1CCCCC1=O.C=C1Cc2ccccc2C1=O. The van der Waals surface area contributed by atoms with E-state index in [1.54, 1.807) is 26.8 Å². The highest BCUT2D eigenvalue weighted by Crippen LogP contribution is 2.28. The van der Waals surface area contributed by atoms with Crippen molar-refractivity contribution in [1.82, 2.24) is 14.7 Å². The van der Waals surface area contributed by atoms with Crippen molar-refractivity contribution in [2.24, 2.45) is 5.10 Å². The van der Waals surface area contributed by atoms with Crippen LogP contribution in [0.3, 0.4) is 0 Å². The molecule has 0 N–H and O–H groups in total. The molecule has 0 atom stereocenters. The van der Waals surface area contributed by atoms with Gasteiger partial charge in [-0.15, -0.1) is 0 Å². The Bertz CT molecular complexity index is 4030. The number of amides is 7. The first-order chi connectivity index (χ1) is 46.5. The van der Waals surface area contributed by atoms with Crippen LogP contribution in [0.25, 0.3) is 5.57 Å². The first kappa shape index (κ1) is 81.2. The van der Waals surface area contributed by atoms with E-state index in [0.717, 1.165) is 98.7 Å². The maximum absolute atomic E-state index is 11.6. The number of nitrogens with zero attached hydrogens (tertiary/aromatic N) is 6. The molecule has 3 aromatic rings. The van der Waals surface area contributed by atoms with Gasteiger partial charge in [-0.2, -0.15) is 15.4 Å². The number of allylic oxidation sites excluding steroid dienone is 9. The zero-order valence-corrected chi connectivity index (χ0v) is 57.0. The zero-order chi connectivity index (χ0) is 74.9. The molecule has 3 aliphatic heterocycles. The Hall–Kier alpha value is -12.1. The highest BCUT2D eigenvalue weighted by atomic mass is 16.2. The van der Waals surface area contributed by atoms with Crippen LogP contribution < -0.4 is 5.01 Å². The highest BCUT2D eigenvalue weighted by Gasteiger charge is 2.37. The summed E-state index contributed by atoms with van der Waals surface area (Å²) in [6, 6.07) is 25.9. The molecule has 21 heteroatoms. The number of ketones is 9. The third kappa shape index (κ3) is 22.3. The van der Waals surface area contributed by atoms with Crippen molar-refractivity contribution in [3.8, 4) is 6.07 Å². The Morgan fingerprint density at radius 1 is 0.475 bits per heavy atom. The van der Waals surface area contributed by atoms with E-state index in [2.05, 4.69) is 70.9 Å². The molecule has 12 rings (SSSR count). The summed E-state index contributed by atoms with van der Waals surface area (Å²) in [5.41, 5.74) is 10.3. The summed E-state index contributed by atoms with van der Waals surface area (Å²) in [4.78, 5) is 166.